The van der Waals surface area contributed by atoms with E-state index in [9.17, 15) is 4.39 Å². The summed E-state index contributed by atoms with van der Waals surface area (Å²) in [5, 5.41) is 0.915. The molecule has 0 fully saturated rings. The Bertz CT molecular complexity index is 505. The van der Waals surface area contributed by atoms with E-state index in [-0.39, 0.29) is 5.82 Å². The highest BCUT2D eigenvalue weighted by atomic mass is 79.9. The molecular formula is C11H12BrFN2. The molecule has 0 aliphatic heterocycles. The van der Waals surface area contributed by atoms with E-state index in [4.69, 9.17) is 5.73 Å². The third-order valence-corrected chi connectivity index (χ3v) is 3.23. The van der Waals surface area contributed by atoms with E-state index in [1.165, 1.54) is 6.07 Å². The summed E-state index contributed by atoms with van der Waals surface area (Å²) < 4.78 is 14.4. The minimum atomic E-state index is -0.223. The molecule has 2 nitrogen and oxygen atoms in total. The van der Waals surface area contributed by atoms with Crippen LogP contribution in [0.2, 0.25) is 0 Å². The van der Waals surface area contributed by atoms with Gasteiger partial charge in [-0.3, -0.25) is 0 Å². The van der Waals surface area contributed by atoms with Gasteiger partial charge >= 0.3 is 0 Å². The number of halogens is 2. The topological polar surface area (TPSA) is 41.8 Å². The molecule has 3 N–H and O–H groups in total. The van der Waals surface area contributed by atoms with Crippen molar-refractivity contribution in [2.24, 2.45) is 5.73 Å². The van der Waals surface area contributed by atoms with E-state index < -0.39 is 0 Å². The summed E-state index contributed by atoms with van der Waals surface area (Å²) >= 11 is 3.44. The van der Waals surface area contributed by atoms with E-state index in [2.05, 4.69) is 20.9 Å². The van der Waals surface area contributed by atoms with Crippen LogP contribution in [0, 0.1) is 12.7 Å². The number of aryl methyl sites for hydroxylation is 1. The number of nitrogens with one attached hydrogen (secondary N) is 1. The number of nitrogens with two attached hydrogens (primary N) is 1. The average molecular weight is 271 g/mol. The van der Waals surface area contributed by atoms with Crippen LogP contribution >= 0.6 is 15.9 Å². The average Bonchev–Trinajstić information content (AvgIpc) is 2.53. The van der Waals surface area contributed by atoms with Gasteiger partial charge in [-0.15, -0.1) is 0 Å². The molecule has 15 heavy (non-hydrogen) atoms. The van der Waals surface area contributed by atoms with Crippen LogP contribution in [0.1, 0.15) is 11.3 Å². The molecule has 0 radical (unpaired) electrons. The van der Waals surface area contributed by atoms with E-state index in [1.807, 2.05) is 6.92 Å². The van der Waals surface area contributed by atoms with Gasteiger partial charge in [0.25, 0.3) is 0 Å². The summed E-state index contributed by atoms with van der Waals surface area (Å²) in [5.74, 6) is -0.223. The molecule has 2 aromatic rings. The summed E-state index contributed by atoms with van der Waals surface area (Å²) in [7, 11) is 0. The van der Waals surface area contributed by atoms with Crippen molar-refractivity contribution in [1.29, 1.82) is 0 Å². The number of hydrogen-bond acceptors (Lipinski definition) is 1. The SMILES string of the molecule is Cc1[nH]c2c(F)ccc(Br)c2c1CCN. The smallest absolute Gasteiger partial charge is 0.147 e. The van der Waals surface area contributed by atoms with Crippen LogP contribution < -0.4 is 5.73 Å². The van der Waals surface area contributed by atoms with Gasteiger partial charge in [-0.1, -0.05) is 15.9 Å². The van der Waals surface area contributed by atoms with Crippen molar-refractivity contribution in [2.75, 3.05) is 6.54 Å². The molecule has 1 heterocycles. The fourth-order valence-corrected chi connectivity index (χ4v) is 2.45. The highest BCUT2D eigenvalue weighted by Crippen LogP contribution is 2.31. The van der Waals surface area contributed by atoms with Gasteiger partial charge < -0.3 is 10.7 Å². The standard InChI is InChI=1S/C11H12BrFN2/c1-6-7(4-5-14)10-8(12)2-3-9(13)11(10)15-6/h2-3,15H,4-5,14H2,1H3. The predicted molar refractivity (Wildman–Crippen MR) is 63.5 cm³/mol. The lowest BCUT2D eigenvalue weighted by molar-refractivity contribution is 0.637. The largest absolute Gasteiger partial charge is 0.356 e. The minimum absolute atomic E-state index is 0.223. The molecule has 4 heteroatoms. The van der Waals surface area contributed by atoms with Gasteiger partial charge in [0.15, 0.2) is 0 Å². The molecule has 0 spiro atoms. The van der Waals surface area contributed by atoms with E-state index in [0.717, 1.165) is 27.5 Å². The number of aromatic nitrogens is 1. The summed E-state index contributed by atoms with van der Waals surface area (Å²) in [4.78, 5) is 3.06. The second-order valence-electron chi connectivity index (χ2n) is 3.55. The Morgan fingerprint density at radius 3 is 2.87 bits per heavy atom. The van der Waals surface area contributed by atoms with Crippen molar-refractivity contribution in [2.45, 2.75) is 13.3 Å². The third-order valence-electron chi connectivity index (χ3n) is 2.56. The number of aromatic amines is 1. The molecule has 0 aliphatic carbocycles. The molecule has 0 aliphatic rings. The molecule has 0 bridgehead atoms. The van der Waals surface area contributed by atoms with Crippen LogP contribution in [0.3, 0.4) is 0 Å². The summed E-state index contributed by atoms with van der Waals surface area (Å²) in [6, 6.07) is 3.18. The van der Waals surface area contributed by atoms with E-state index in [0.29, 0.717) is 12.1 Å². The Balaban J connectivity index is 2.79. The maximum Gasteiger partial charge on any atom is 0.147 e. The van der Waals surface area contributed by atoms with Crippen molar-refractivity contribution in [3.8, 4) is 0 Å². The van der Waals surface area contributed by atoms with Crippen LogP contribution in [0.15, 0.2) is 16.6 Å². The van der Waals surface area contributed by atoms with Gasteiger partial charge in [-0.05, 0) is 37.6 Å². The lowest BCUT2D eigenvalue weighted by Gasteiger charge is -2.00. The second-order valence-corrected chi connectivity index (χ2v) is 4.40. The fraction of sp³-hybridized carbons (Fsp3) is 0.273. The van der Waals surface area contributed by atoms with Gasteiger partial charge in [-0.2, -0.15) is 0 Å². The third kappa shape index (κ3) is 1.68. The summed E-state index contributed by atoms with van der Waals surface area (Å²) in [6.45, 7) is 2.51. The zero-order valence-electron chi connectivity index (χ0n) is 8.40. The normalized spacial score (nSPS) is 11.2. The second kappa shape index (κ2) is 3.94. The quantitative estimate of drug-likeness (QED) is 0.866. The molecular weight excluding hydrogens is 259 g/mol. The zero-order chi connectivity index (χ0) is 11.0. The highest BCUT2D eigenvalue weighted by Gasteiger charge is 2.13. The van der Waals surface area contributed by atoms with Crippen LogP contribution in [0.25, 0.3) is 10.9 Å². The Morgan fingerprint density at radius 1 is 1.47 bits per heavy atom. The molecule has 1 aromatic carbocycles. The highest BCUT2D eigenvalue weighted by molar-refractivity contribution is 9.10. The van der Waals surface area contributed by atoms with Crippen molar-refractivity contribution in [3.63, 3.8) is 0 Å². The maximum absolute atomic E-state index is 13.5. The van der Waals surface area contributed by atoms with Gasteiger partial charge in [0.2, 0.25) is 0 Å². The van der Waals surface area contributed by atoms with Crippen molar-refractivity contribution in [3.05, 3.63) is 33.7 Å². The maximum atomic E-state index is 13.5. The van der Waals surface area contributed by atoms with E-state index >= 15 is 0 Å². The van der Waals surface area contributed by atoms with Crippen LogP contribution in [-0.4, -0.2) is 11.5 Å². The fourth-order valence-electron chi connectivity index (χ4n) is 1.88. The van der Waals surface area contributed by atoms with Gasteiger partial charge in [-0.25, -0.2) is 4.39 Å². The first-order valence-electron chi connectivity index (χ1n) is 4.80. The van der Waals surface area contributed by atoms with Crippen molar-refractivity contribution in [1.82, 2.24) is 4.98 Å². The van der Waals surface area contributed by atoms with Gasteiger partial charge in [0.05, 0.1) is 5.52 Å². The van der Waals surface area contributed by atoms with Gasteiger partial charge in [0.1, 0.15) is 5.82 Å². The lowest BCUT2D eigenvalue weighted by Crippen LogP contribution is -2.03. The lowest BCUT2D eigenvalue weighted by atomic mass is 10.1. The Kier molecular flexibility index (Phi) is 2.80. The molecule has 0 amide bonds. The van der Waals surface area contributed by atoms with Crippen molar-refractivity contribution < 1.29 is 4.39 Å². The molecule has 0 saturated carbocycles. The van der Waals surface area contributed by atoms with Crippen LogP contribution in [0.4, 0.5) is 4.39 Å². The molecule has 0 unspecified atom stereocenters. The number of hydrogen-bond donors (Lipinski definition) is 2. The van der Waals surface area contributed by atoms with Crippen molar-refractivity contribution >= 4 is 26.8 Å². The first-order valence-corrected chi connectivity index (χ1v) is 5.59. The summed E-state index contributed by atoms with van der Waals surface area (Å²) in [5.41, 5.74) is 8.19. The Hall–Kier alpha value is -0.870. The summed E-state index contributed by atoms with van der Waals surface area (Å²) in [6.07, 6.45) is 0.758. The molecule has 0 saturated heterocycles. The predicted octanol–water partition coefficient (Wildman–Crippen LogP) is 2.88. The van der Waals surface area contributed by atoms with Crippen LogP contribution in [-0.2, 0) is 6.42 Å². The Labute approximate surface area is 95.8 Å². The molecule has 1 aromatic heterocycles. The number of rotatable bonds is 2. The number of benzene rings is 1. The Morgan fingerprint density at radius 2 is 2.20 bits per heavy atom. The van der Waals surface area contributed by atoms with Crippen LogP contribution in [0.5, 0.6) is 0 Å². The first kappa shape index (κ1) is 10.6. The van der Waals surface area contributed by atoms with E-state index in [1.54, 1.807) is 6.07 Å². The molecule has 0 atom stereocenters. The van der Waals surface area contributed by atoms with Gasteiger partial charge in [0, 0.05) is 15.6 Å². The first-order chi connectivity index (χ1) is 7.15. The number of fused-ring (bicyclic) bond motifs is 1. The number of H-pyrrole nitrogens is 1. The molecule has 2 rings (SSSR count). The molecule has 80 valence electrons. The monoisotopic (exact) mass is 270 g/mol. The minimum Gasteiger partial charge on any atom is -0.356 e. The zero-order valence-corrected chi connectivity index (χ0v) is 9.99.